The molecular weight excluding hydrogens is 1190 g/mol. The van der Waals surface area contributed by atoms with E-state index in [-0.39, 0.29) is 43.0 Å². The zero-order chi connectivity index (χ0) is 68.0. The molecule has 2 aromatic rings. The monoisotopic (exact) mass is 1340 g/mol. The molecule has 0 saturated carbocycles. The van der Waals surface area contributed by atoms with E-state index in [1.807, 2.05) is 12.1 Å². The van der Waals surface area contributed by atoms with Gasteiger partial charge in [-0.2, -0.15) is 4.98 Å². The van der Waals surface area contributed by atoms with Crippen LogP contribution in [0.1, 0.15) is 381 Å². The average molecular weight is 1340 g/mol. The first-order chi connectivity index (χ1) is 45.7. The number of hydrogen-bond acceptors (Lipinski definition) is 11. The molecule has 0 radical (unpaired) electrons. The molecule has 1 saturated heterocycles. The summed E-state index contributed by atoms with van der Waals surface area (Å²) in [5, 5.41) is 12.8. The summed E-state index contributed by atoms with van der Waals surface area (Å²) in [6.07, 6.45) is 62.9. The summed E-state index contributed by atoms with van der Waals surface area (Å²) in [4.78, 5) is 43.9. The van der Waals surface area contributed by atoms with E-state index in [4.69, 9.17) is 28.1 Å². The number of aromatic nitrogens is 2. The predicted octanol–water partition coefficient (Wildman–Crippen LogP) is 23.3. The van der Waals surface area contributed by atoms with Crippen molar-refractivity contribution in [3.05, 3.63) is 40.4 Å². The lowest BCUT2D eigenvalue weighted by molar-refractivity contribution is -0.145. The number of esters is 1. The van der Waals surface area contributed by atoms with Crippen LogP contribution in [0.15, 0.2) is 29.2 Å². The van der Waals surface area contributed by atoms with Gasteiger partial charge >= 0.3 is 11.7 Å². The fourth-order valence-electron chi connectivity index (χ4n) is 12.6. The van der Waals surface area contributed by atoms with Gasteiger partial charge in [-0.25, -0.2) is 4.79 Å². The molecule has 0 spiro atoms. The van der Waals surface area contributed by atoms with Gasteiger partial charge in [0.1, 0.15) is 24.8 Å². The largest absolute Gasteiger partial charge is 0.490 e. The zero-order valence-corrected chi connectivity index (χ0v) is 63.2. The zero-order valence-electron chi connectivity index (χ0n) is 62.2. The van der Waals surface area contributed by atoms with Gasteiger partial charge in [-0.3, -0.25) is 14.2 Å². The Kier molecular flexibility index (Phi) is 50.0. The molecule has 1 aliphatic heterocycles. The molecule has 1 fully saturated rings. The maximum atomic E-state index is 13.4. The minimum atomic E-state index is -2.19. The predicted molar refractivity (Wildman–Crippen MR) is 395 cm³/mol. The number of nitrogens with zero attached hydrogens (tertiary/aromatic N) is 2. The van der Waals surface area contributed by atoms with Crippen LogP contribution >= 0.6 is 0 Å². The Balaban J connectivity index is 1.61. The SMILES string of the molecule is CCCCCCCCCCCCCCCCCCOc1cc(COC(=O)CCC(=O)Nc2ccn([C@H]3CC(O[Si](C)(C)C(C)(C)C)[C@@H](CO)O3)c(=O)n2)cc(OCCCCCCCCCCCCCCCCCC)c1OCCCCCCCCCCCCCCCCCC. The topological polar surface area (TPSA) is 157 Å². The minimum absolute atomic E-state index is 0.0212. The number of anilines is 1. The summed E-state index contributed by atoms with van der Waals surface area (Å²) >= 11 is 0. The Labute approximate surface area is 577 Å². The number of carbonyl (C=O) groups is 2. The van der Waals surface area contributed by atoms with Gasteiger partial charge in [-0.05, 0) is 61.2 Å². The number of rotatable bonds is 64. The number of aliphatic hydroxyl groups is 1. The third-order valence-electron chi connectivity index (χ3n) is 19.8. The van der Waals surface area contributed by atoms with Gasteiger partial charge in [-0.15, -0.1) is 0 Å². The molecule has 2 N–H and O–H groups in total. The first-order valence-corrected chi connectivity index (χ1v) is 42.7. The Morgan fingerprint density at radius 2 is 0.894 bits per heavy atom. The minimum Gasteiger partial charge on any atom is -0.490 e. The molecule has 1 aromatic heterocycles. The maximum Gasteiger partial charge on any atom is 0.351 e. The van der Waals surface area contributed by atoms with Crippen LogP contribution in [-0.4, -0.2) is 73.5 Å². The lowest BCUT2D eigenvalue weighted by atomic mass is 10.0. The third-order valence-corrected chi connectivity index (χ3v) is 24.3. The number of nitrogens with one attached hydrogen (secondary N) is 1. The molecule has 1 amide bonds. The van der Waals surface area contributed by atoms with Crippen molar-refractivity contribution in [2.75, 3.05) is 31.7 Å². The molecule has 94 heavy (non-hydrogen) atoms. The second kappa shape index (κ2) is 55.4. The van der Waals surface area contributed by atoms with Gasteiger partial charge in [0.05, 0.1) is 39.0 Å². The van der Waals surface area contributed by atoms with Gasteiger partial charge in [-0.1, -0.05) is 330 Å². The highest BCUT2D eigenvalue weighted by atomic mass is 28.4. The quantitative estimate of drug-likeness (QED) is 0.0369. The van der Waals surface area contributed by atoms with Crippen molar-refractivity contribution in [3.8, 4) is 17.2 Å². The highest BCUT2D eigenvalue weighted by molar-refractivity contribution is 6.74. The van der Waals surface area contributed by atoms with E-state index in [0.717, 1.165) is 44.1 Å². The molecule has 13 nitrogen and oxygen atoms in total. The smallest absolute Gasteiger partial charge is 0.351 e. The van der Waals surface area contributed by atoms with Crippen molar-refractivity contribution in [3.63, 3.8) is 0 Å². The lowest BCUT2D eigenvalue weighted by Crippen LogP contribution is -2.46. The lowest BCUT2D eigenvalue weighted by Gasteiger charge is -2.39. The summed E-state index contributed by atoms with van der Waals surface area (Å²) in [7, 11) is -2.19. The van der Waals surface area contributed by atoms with Crippen molar-refractivity contribution in [1.29, 1.82) is 0 Å². The van der Waals surface area contributed by atoms with Gasteiger partial charge in [0.15, 0.2) is 19.8 Å². The maximum absolute atomic E-state index is 13.4. The normalized spacial score (nSPS) is 15.1. The van der Waals surface area contributed by atoms with Crippen molar-refractivity contribution in [2.24, 2.45) is 0 Å². The number of aliphatic hydroxyl groups excluding tert-OH is 1. The highest BCUT2D eigenvalue weighted by Gasteiger charge is 2.45. The van der Waals surface area contributed by atoms with Crippen LogP contribution < -0.4 is 25.2 Å². The first kappa shape index (κ1) is 84.8. The van der Waals surface area contributed by atoms with Crippen LogP contribution in [-0.2, 0) is 30.1 Å². The fraction of sp³-hybridized carbons (Fsp3) is 0.850. The van der Waals surface area contributed by atoms with Crippen LogP contribution in [0.5, 0.6) is 17.2 Å². The van der Waals surface area contributed by atoms with E-state index in [1.165, 1.54) is 287 Å². The van der Waals surface area contributed by atoms with Gasteiger partial charge in [0, 0.05) is 19.0 Å². The molecular formula is C80H145N3O10Si. The van der Waals surface area contributed by atoms with Crippen molar-refractivity contribution in [2.45, 2.75) is 412 Å². The Morgan fingerprint density at radius 1 is 0.543 bits per heavy atom. The van der Waals surface area contributed by atoms with E-state index in [0.29, 0.717) is 43.5 Å². The number of ether oxygens (including phenoxy) is 5. The number of carbonyl (C=O) groups excluding carboxylic acids is 2. The molecule has 14 heteroatoms. The molecule has 3 atom stereocenters. The van der Waals surface area contributed by atoms with Gasteiger partial charge < -0.3 is 38.5 Å². The van der Waals surface area contributed by atoms with Crippen LogP contribution in [0.25, 0.3) is 0 Å². The number of benzene rings is 1. The first-order valence-electron chi connectivity index (χ1n) is 39.8. The summed E-state index contributed by atoms with van der Waals surface area (Å²) in [5.74, 6) is 0.943. The van der Waals surface area contributed by atoms with E-state index < -0.39 is 38.2 Å². The summed E-state index contributed by atoms with van der Waals surface area (Å²) in [6, 6.07) is 5.41. The molecule has 1 aromatic carbocycles. The fourth-order valence-corrected chi connectivity index (χ4v) is 14.0. The van der Waals surface area contributed by atoms with Gasteiger partial charge in [0.25, 0.3) is 0 Å². The number of amides is 1. The van der Waals surface area contributed by atoms with Crippen molar-refractivity contribution in [1.82, 2.24) is 9.55 Å². The Bertz CT molecular complexity index is 2160. The standard InChI is InChI=1S/C80H145N3O10Si/c1-9-12-15-18-21-24-27-30-33-36-39-42-45-48-51-54-61-88-71-64-69(68-91-77(86)58-57-75(85)81-74-59-60-83(79(87)82-74)76-66-70(73(67-84)92-76)93-94(7,8)80(4,5)6)65-72(89-62-55-52-49-46-43-40-37-34-31-28-25-22-19-16-13-10-2)78(71)90-63-56-53-50-47-44-41-38-35-32-29-26-23-20-17-14-11-3/h59-60,64-65,70,73,76,84H,9-58,61-63,66-68H2,1-8H3,(H,81,82,85,87)/t70?,73-,76-/m1/s1. The molecule has 3 rings (SSSR count). The van der Waals surface area contributed by atoms with E-state index in [2.05, 4.69) is 64.9 Å². The Hall–Kier alpha value is -3.46. The van der Waals surface area contributed by atoms with E-state index in [1.54, 1.807) is 0 Å². The molecule has 0 aliphatic carbocycles. The van der Waals surface area contributed by atoms with E-state index in [9.17, 15) is 19.5 Å². The third kappa shape index (κ3) is 41.1. The molecule has 1 unspecified atom stereocenters. The van der Waals surface area contributed by atoms with E-state index >= 15 is 0 Å². The van der Waals surface area contributed by atoms with Gasteiger partial charge in [0.2, 0.25) is 11.7 Å². The number of unbranched alkanes of at least 4 members (excludes halogenated alkanes) is 45. The number of hydrogen-bond donors (Lipinski definition) is 2. The summed E-state index contributed by atoms with van der Waals surface area (Å²) < 4.78 is 39.8. The molecule has 2 heterocycles. The second-order valence-electron chi connectivity index (χ2n) is 29.6. The van der Waals surface area contributed by atoms with Crippen LogP contribution in [0.3, 0.4) is 0 Å². The van der Waals surface area contributed by atoms with Crippen LogP contribution in [0.2, 0.25) is 18.1 Å². The van der Waals surface area contributed by atoms with Crippen molar-refractivity contribution < 1.29 is 42.8 Å². The average Bonchev–Trinajstić information content (AvgIpc) is 1.58. The van der Waals surface area contributed by atoms with Crippen LogP contribution in [0, 0.1) is 0 Å². The summed E-state index contributed by atoms with van der Waals surface area (Å²) in [5.41, 5.74) is 0.126. The molecule has 544 valence electrons. The van der Waals surface area contributed by atoms with Crippen molar-refractivity contribution >= 4 is 26.0 Å². The highest BCUT2D eigenvalue weighted by Crippen LogP contribution is 2.42. The summed E-state index contributed by atoms with van der Waals surface area (Å²) in [6.45, 7) is 19.1. The van der Waals surface area contributed by atoms with Crippen LogP contribution in [0.4, 0.5) is 5.82 Å². The molecule has 1 aliphatic rings. The Morgan fingerprint density at radius 3 is 1.23 bits per heavy atom. The molecule has 0 bridgehead atoms. The second-order valence-corrected chi connectivity index (χ2v) is 34.3.